The molecule has 0 saturated heterocycles. The summed E-state index contributed by atoms with van der Waals surface area (Å²) in [6, 6.07) is 4.13. The van der Waals surface area contributed by atoms with Crippen molar-refractivity contribution in [2.45, 2.75) is 24.8 Å². The minimum absolute atomic E-state index is 0.376. The molecule has 84 valence electrons. The Morgan fingerprint density at radius 1 is 1.33 bits per heavy atom. The highest BCUT2D eigenvalue weighted by molar-refractivity contribution is 7.98. The summed E-state index contributed by atoms with van der Waals surface area (Å²) < 4.78 is 5.30. The quantitative estimate of drug-likeness (QED) is 0.619. The van der Waals surface area contributed by atoms with Crippen molar-refractivity contribution in [1.82, 2.24) is 0 Å². The van der Waals surface area contributed by atoms with Crippen LogP contribution in [0.1, 0.15) is 18.1 Å². The van der Waals surface area contributed by atoms with Crippen LogP contribution < -0.4 is 10.6 Å². The molecule has 3 nitrogen and oxygen atoms in total. The minimum Gasteiger partial charge on any atom is -0.496 e. The molecule has 0 aromatic heterocycles. The zero-order chi connectivity index (χ0) is 11.3. The van der Waals surface area contributed by atoms with Crippen LogP contribution in [0.25, 0.3) is 0 Å². The van der Waals surface area contributed by atoms with Gasteiger partial charge in [0.1, 0.15) is 5.75 Å². The normalized spacial score (nSPS) is 10.4. The van der Waals surface area contributed by atoms with Crippen molar-refractivity contribution < 1.29 is 9.57 Å². The number of aryl methyl sites for hydroxylation is 1. The molecule has 0 aliphatic rings. The highest BCUT2D eigenvalue weighted by Crippen LogP contribution is 2.29. The van der Waals surface area contributed by atoms with E-state index in [9.17, 15) is 0 Å². The van der Waals surface area contributed by atoms with E-state index in [1.165, 1.54) is 10.5 Å². The largest absolute Gasteiger partial charge is 0.496 e. The first-order valence-electron chi connectivity index (χ1n) is 4.82. The van der Waals surface area contributed by atoms with Gasteiger partial charge >= 0.3 is 0 Å². The number of thioether (sulfide) groups is 1. The lowest BCUT2D eigenvalue weighted by Gasteiger charge is -2.12. The van der Waals surface area contributed by atoms with Gasteiger partial charge in [-0.25, -0.2) is 5.90 Å². The number of methoxy groups -OCH3 is 1. The number of hydrogen-bond acceptors (Lipinski definition) is 4. The van der Waals surface area contributed by atoms with Gasteiger partial charge in [-0.15, -0.1) is 11.8 Å². The predicted molar refractivity (Wildman–Crippen MR) is 63.1 cm³/mol. The molecule has 1 rings (SSSR count). The fraction of sp³-hybridized carbons (Fsp3) is 0.455. The van der Waals surface area contributed by atoms with Crippen LogP contribution in [0, 0.1) is 0 Å². The molecule has 15 heavy (non-hydrogen) atoms. The first-order chi connectivity index (χ1) is 7.26. The average Bonchev–Trinajstić information content (AvgIpc) is 2.28. The molecule has 4 heteroatoms. The molecule has 0 radical (unpaired) electrons. The molecular weight excluding hydrogens is 210 g/mol. The van der Waals surface area contributed by atoms with Crippen LogP contribution in [0.2, 0.25) is 0 Å². The molecule has 0 spiro atoms. The van der Waals surface area contributed by atoms with Gasteiger partial charge in [-0.3, -0.25) is 4.84 Å². The van der Waals surface area contributed by atoms with Gasteiger partial charge in [0.15, 0.2) is 0 Å². The molecule has 0 unspecified atom stereocenters. The summed E-state index contributed by atoms with van der Waals surface area (Å²) in [6.07, 6.45) is 3.06. The molecule has 1 aromatic carbocycles. The molecule has 1 aromatic rings. The van der Waals surface area contributed by atoms with E-state index in [-0.39, 0.29) is 0 Å². The molecule has 0 aliphatic carbocycles. The van der Waals surface area contributed by atoms with E-state index in [1.54, 1.807) is 18.9 Å². The van der Waals surface area contributed by atoms with Crippen molar-refractivity contribution in [3.63, 3.8) is 0 Å². The summed E-state index contributed by atoms with van der Waals surface area (Å²) in [5.41, 5.74) is 2.28. The Bertz CT molecular complexity index is 329. The second-order valence-corrected chi connectivity index (χ2v) is 3.99. The van der Waals surface area contributed by atoms with E-state index in [4.69, 9.17) is 10.6 Å². The second kappa shape index (κ2) is 6.00. The second-order valence-electron chi connectivity index (χ2n) is 3.14. The third-order valence-corrected chi connectivity index (χ3v) is 3.12. The van der Waals surface area contributed by atoms with Crippen LogP contribution >= 0.6 is 11.8 Å². The molecule has 0 bridgehead atoms. The van der Waals surface area contributed by atoms with Gasteiger partial charge < -0.3 is 4.74 Å². The van der Waals surface area contributed by atoms with E-state index in [1.807, 2.05) is 0 Å². The van der Waals surface area contributed by atoms with Gasteiger partial charge in [-0.1, -0.05) is 6.92 Å². The summed E-state index contributed by atoms with van der Waals surface area (Å²) >= 11 is 1.73. The fourth-order valence-electron chi connectivity index (χ4n) is 1.50. The summed E-state index contributed by atoms with van der Waals surface area (Å²) in [6.45, 7) is 2.51. The van der Waals surface area contributed by atoms with Gasteiger partial charge in [-0.2, -0.15) is 0 Å². The van der Waals surface area contributed by atoms with Crippen LogP contribution in [0.5, 0.6) is 5.75 Å². The van der Waals surface area contributed by atoms with E-state index in [2.05, 4.69) is 30.1 Å². The number of nitrogens with two attached hydrogens (primary N) is 1. The third kappa shape index (κ3) is 2.87. The molecular formula is C11H17NO2S. The first kappa shape index (κ1) is 12.4. The Morgan fingerprint density at radius 3 is 2.53 bits per heavy atom. The maximum atomic E-state index is 5.30. The Morgan fingerprint density at radius 2 is 2.07 bits per heavy atom. The van der Waals surface area contributed by atoms with Gasteiger partial charge in [0.2, 0.25) is 0 Å². The van der Waals surface area contributed by atoms with Crippen LogP contribution in [0.4, 0.5) is 0 Å². The monoisotopic (exact) mass is 227 g/mol. The number of hydrogen-bond donors (Lipinski definition) is 1. The molecule has 0 fully saturated rings. The maximum Gasteiger partial charge on any atom is 0.124 e. The third-order valence-electron chi connectivity index (χ3n) is 2.30. The Balaban J connectivity index is 3.15. The van der Waals surface area contributed by atoms with Crippen LogP contribution in [-0.2, 0) is 17.9 Å². The number of benzene rings is 1. The van der Waals surface area contributed by atoms with Crippen molar-refractivity contribution in [2.75, 3.05) is 13.4 Å². The Kier molecular flexibility index (Phi) is 4.94. The van der Waals surface area contributed by atoms with E-state index in [0.29, 0.717) is 6.61 Å². The first-order valence-corrected chi connectivity index (χ1v) is 6.04. The number of rotatable bonds is 5. The molecule has 0 atom stereocenters. The predicted octanol–water partition coefficient (Wildman–Crippen LogP) is 2.37. The molecule has 0 aliphatic heterocycles. The lowest BCUT2D eigenvalue weighted by Crippen LogP contribution is -2.02. The highest BCUT2D eigenvalue weighted by Gasteiger charge is 2.08. The molecule has 0 saturated carbocycles. The number of ether oxygens (including phenoxy) is 1. The Labute approximate surface area is 94.9 Å². The van der Waals surface area contributed by atoms with Crippen molar-refractivity contribution in [3.8, 4) is 5.75 Å². The van der Waals surface area contributed by atoms with E-state index in [0.717, 1.165) is 17.7 Å². The smallest absolute Gasteiger partial charge is 0.124 e. The van der Waals surface area contributed by atoms with E-state index < -0.39 is 0 Å². The van der Waals surface area contributed by atoms with Crippen molar-refractivity contribution in [1.29, 1.82) is 0 Å². The van der Waals surface area contributed by atoms with Crippen molar-refractivity contribution in [3.05, 3.63) is 23.3 Å². The van der Waals surface area contributed by atoms with Crippen LogP contribution in [-0.4, -0.2) is 13.4 Å². The molecule has 2 N–H and O–H groups in total. The lowest BCUT2D eigenvalue weighted by atomic mass is 10.1. The fourth-order valence-corrected chi connectivity index (χ4v) is 2.23. The molecule has 0 amide bonds. The highest BCUT2D eigenvalue weighted by atomic mass is 32.2. The van der Waals surface area contributed by atoms with Gasteiger partial charge in [0, 0.05) is 10.5 Å². The van der Waals surface area contributed by atoms with Crippen molar-refractivity contribution >= 4 is 11.8 Å². The maximum absolute atomic E-state index is 5.30. The Hall–Kier alpha value is -0.710. The summed E-state index contributed by atoms with van der Waals surface area (Å²) in [7, 11) is 1.66. The standard InChI is InChI=1S/C11H17NO2S/c1-4-8-5-10(13-2)9(7-14-12)6-11(8)15-3/h5-6H,4,7,12H2,1-3H3. The zero-order valence-corrected chi connectivity index (χ0v) is 10.2. The summed E-state index contributed by atoms with van der Waals surface area (Å²) in [5.74, 6) is 5.93. The van der Waals surface area contributed by atoms with E-state index >= 15 is 0 Å². The topological polar surface area (TPSA) is 44.5 Å². The van der Waals surface area contributed by atoms with Gasteiger partial charge in [-0.05, 0) is 30.4 Å². The SMILES string of the molecule is CCc1cc(OC)c(CON)cc1SC. The summed E-state index contributed by atoms with van der Waals surface area (Å²) in [5, 5.41) is 0. The average molecular weight is 227 g/mol. The van der Waals surface area contributed by atoms with Gasteiger partial charge in [0.05, 0.1) is 13.7 Å². The van der Waals surface area contributed by atoms with Gasteiger partial charge in [0.25, 0.3) is 0 Å². The minimum atomic E-state index is 0.376. The zero-order valence-electron chi connectivity index (χ0n) is 9.37. The van der Waals surface area contributed by atoms with Crippen LogP contribution in [0.3, 0.4) is 0 Å². The molecule has 0 heterocycles. The van der Waals surface area contributed by atoms with Crippen molar-refractivity contribution in [2.24, 2.45) is 5.90 Å². The lowest BCUT2D eigenvalue weighted by molar-refractivity contribution is 0.122. The summed E-state index contributed by atoms with van der Waals surface area (Å²) in [4.78, 5) is 5.91. The van der Waals surface area contributed by atoms with Crippen LogP contribution in [0.15, 0.2) is 17.0 Å².